The van der Waals surface area contributed by atoms with Crippen molar-refractivity contribution in [2.24, 2.45) is 0 Å². The molecule has 0 bridgehead atoms. The standard InChI is InChI=1S/C17H14BrNO4S/c18-13-6-8-14(9-7-13)24-11-16(21)23-10-15(20)19-17(22)12-4-2-1-3-5-12/h1-9H,10-11H2,(H,19,20,22). The van der Waals surface area contributed by atoms with Gasteiger partial charge in [-0.25, -0.2) is 0 Å². The molecule has 2 amide bonds. The topological polar surface area (TPSA) is 72.5 Å². The minimum atomic E-state index is -0.661. The second kappa shape index (κ2) is 9.24. The molecule has 0 radical (unpaired) electrons. The first-order valence-electron chi connectivity index (χ1n) is 6.98. The highest BCUT2D eigenvalue weighted by molar-refractivity contribution is 9.10. The van der Waals surface area contributed by atoms with E-state index >= 15 is 0 Å². The Morgan fingerprint density at radius 2 is 1.67 bits per heavy atom. The first-order chi connectivity index (χ1) is 11.5. The van der Waals surface area contributed by atoms with Gasteiger partial charge in [0.15, 0.2) is 6.61 Å². The summed E-state index contributed by atoms with van der Waals surface area (Å²) in [5, 5.41) is 2.16. The zero-order chi connectivity index (χ0) is 17.4. The van der Waals surface area contributed by atoms with Crippen LogP contribution >= 0.6 is 27.7 Å². The lowest BCUT2D eigenvalue weighted by Gasteiger charge is -2.06. The van der Waals surface area contributed by atoms with Crippen molar-refractivity contribution in [3.05, 3.63) is 64.6 Å². The molecule has 0 unspecified atom stereocenters. The summed E-state index contributed by atoms with van der Waals surface area (Å²) in [4.78, 5) is 35.9. The molecule has 0 atom stereocenters. The van der Waals surface area contributed by atoms with Gasteiger partial charge in [-0.1, -0.05) is 34.1 Å². The number of carbonyl (C=O) groups is 3. The number of esters is 1. The lowest BCUT2D eigenvalue weighted by molar-refractivity contribution is -0.145. The highest BCUT2D eigenvalue weighted by Gasteiger charge is 2.12. The van der Waals surface area contributed by atoms with E-state index in [1.807, 2.05) is 24.3 Å². The largest absolute Gasteiger partial charge is 0.455 e. The van der Waals surface area contributed by atoms with Gasteiger partial charge in [-0.2, -0.15) is 0 Å². The fraction of sp³-hybridized carbons (Fsp3) is 0.118. The molecule has 0 saturated heterocycles. The van der Waals surface area contributed by atoms with Crippen LogP contribution in [0, 0.1) is 0 Å². The predicted octanol–water partition coefficient (Wildman–Crippen LogP) is 3.04. The maximum Gasteiger partial charge on any atom is 0.316 e. The Morgan fingerprint density at radius 3 is 2.33 bits per heavy atom. The van der Waals surface area contributed by atoms with Gasteiger partial charge in [0.05, 0.1) is 5.75 Å². The molecule has 0 saturated carbocycles. The first kappa shape index (κ1) is 18.2. The van der Waals surface area contributed by atoms with Gasteiger partial charge in [-0.15, -0.1) is 11.8 Å². The summed E-state index contributed by atoms with van der Waals surface area (Å²) in [7, 11) is 0. The van der Waals surface area contributed by atoms with Gasteiger partial charge < -0.3 is 4.74 Å². The third kappa shape index (κ3) is 6.17. The van der Waals surface area contributed by atoms with Crippen LogP contribution in [0.25, 0.3) is 0 Å². The van der Waals surface area contributed by atoms with Crippen LogP contribution in [0.2, 0.25) is 0 Å². The van der Waals surface area contributed by atoms with E-state index in [1.165, 1.54) is 11.8 Å². The SMILES string of the molecule is O=C(COC(=O)CSc1ccc(Br)cc1)NC(=O)c1ccccc1. The Balaban J connectivity index is 1.70. The summed E-state index contributed by atoms with van der Waals surface area (Å²) in [6.45, 7) is -0.488. The summed E-state index contributed by atoms with van der Waals surface area (Å²) in [6, 6.07) is 15.8. The number of benzene rings is 2. The van der Waals surface area contributed by atoms with Gasteiger partial charge in [0.25, 0.3) is 11.8 Å². The summed E-state index contributed by atoms with van der Waals surface area (Å²) >= 11 is 4.64. The predicted molar refractivity (Wildman–Crippen MR) is 94.7 cm³/mol. The Labute approximate surface area is 151 Å². The molecule has 2 aromatic rings. The zero-order valence-corrected chi connectivity index (χ0v) is 14.9. The van der Waals surface area contributed by atoms with Gasteiger partial charge in [0.1, 0.15) is 0 Å². The van der Waals surface area contributed by atoms with E-state index in [0.717, 1.165) is 9.37 Å². The monoisotopic (exact) mass is 407 g/mol. The van der Waals surface area contributed by atoms with Crippen molar-refractivity contribution >= 4 is 45.5 Å². The van der Waals surface area contributed by atoms with Crippen molar-refractivity contribution in [2.45, 2.75) is 4.90 Å². The van der Waals surface area contributed by atoms with E-state index < -0.39 is 24.4 Å². The summed E-state index contributed by atoms with van der Waals surface area (Å²) in [5.41, 5.74) is 0.364. The summed E-state index contributed by atoms with van der Waals surface area (Å²) in [6.07, 6.45) is 0. The van der Waals surface area contributed by atoms with E-state index in [1.54, 1.807) is 30.3 Å². The number of imide groups is 1. The smallest absolute Gasteiger partial charge is 0.316 e. The summed E-state index contributed by atoms with van der Waals surface area (Å²) < 4.78 is 5.81. The number of ether oxygens (including phenoxy) is 1. The fourth-order valence-electron chi connectivity index (χ4n) is 1.69. The molecule has 7 heteroatoms. The van der Waals surface area contributed by atoms with Crippen molar-refractivity contribution in [2.75, 3.05) is 12.4 Å². The van der Waals surface area contributed by atoms with Gasteiger partial charge in [-0.3, -0.25) is 19.7 Å². The van der Waals surface area contributed by atoms with Crippen LogP contribution in [0.3, 0.4) is 0 Å². The molecule has 0 aliphatic carbocycles. The molecule has 0 heterocycles. The normalized spacial score (nSPS) is 10.0. The number of carbonyl (C=O) groups excluding carboxylic acids is 3. The van der Waals surface area contributed by atoms with Gasteiger partial charge in [-0.05, 0) is 36.4 Å². The molecule has 1 N–H and O–H groups in total. The number of amides is 2. The third-order valence-corrected chi connectivity index (χ3v) is 4.34. The molecular formula is C17H14BrNO4S. The number of halogens is 1. The molecule has 2 rings (SSSR count). The minimum absolute atomic E-state index is 0.0849. The molecule has 0 spiro atoms. The second-order valence-electron chi connectivity index (χ2n) is 4.65. The average Bonchev–Trinajstić information content (AvgIpc) is 2.60. The lowest BCUT2D eigenvalue weighted by atomic mass is 10.2. The Kier molecular flexibility index (Phi) is 7.02. The average molecular weight is 408 g/mol. The van der Waals surface area contributed by atoms with Crippen molar-refractivity contribution < 1.29 is 19.1 Å². The van der Waals surface area contributed by atoms with Crippen molar-refractivity contribution in [1.29, 1.82) is 0 Å². The van der Waals surface area contributed by atoms with E-state index in [2.05, 4.69) is 21.2 Å². The summed E-state index contributed by atoms with van der Waals surface area (Å²) in [5.74, 6) is -1.63. The van der Waals surface area contributed by atoms with Crippen LogP contribution in [-0.2, 0) is 14.3 Å². The van der Waals surface area contributed by atoms with Crippen LogP contribution in [0.5, 0.6) is 0 Å². The number of thioether (sulfide) groups is 1. The van der Waals surface area contributed by atoms with Crippen LogP contribution in [0.15, 0.2) is 64.0 Å². The quantitative estimate of drug-likeness (QED) is 0.588. The van der Waals surface area contributed by atoms with Gasteiger partial charge in [0, 0.05) is 14.9 Å². The zero-order valence-electron chi connectivity index (χ0n) is 12.5. The van der Waals surface area contributed by atoms with Crippen LogP contribution in [0.1, 0.15) is 10.4 Å². The third-order valence-electron chi connectivity index (χ3n) is 2.82. The van der Waals surface area contributed by atoms with Gasteiger partial charge in [0.2, 0.25) is 0 Å². The first-order valence-corrected chi connectivity index (χ1v) is 8.75. The molecule has 0 aliphatic heterocycles. The van der Waals surface area contributed by atoms with E-state index in [4.69, 9.17) is 4.74 Å². The van der Waals surface area contributed by atoms with Crippen molar-refractivity contribution in [1.82, 2.24) is 5.32 Å². The maximum absolute atomic E-state index is 11.8. The molecule has 5 nitrogen and oxygen atoms in total. The number of nitrogens with one attached hydrogen (secondary N) is 1. The maximum atomic E-state index is 11.8. The molecule has 0 fully saturated rings. The van der Waals surface area contributed by atoms with Crippen molar-refractivity contribution in [3.63, 3.8) is 0 Å². The number of hydrogen-bond acceptors (Lipinski definition) is 5. The molecule has 124 valence electrons. The molecule has 0 aliphatic rings. The lowest BCUT2D eigenvalue weighted by Crippen LogP contribution is -2.34. The van der Waals surface area contributed by atoms with E-state index in [0.29, 0.717) is 5.56 Å². The molecule has 24 heavy (non-hydrogen) atoms. The second-order valence-corrected chi connectivity index (χ2v) is 6.61. The van der Waals surface area contributed by atoms with Crippen LogP contribution in [0.4, 0.5) is 0 Å². The highest BCUT2D eigenvalue weighted by atomic mass is 79.9. The number of hydrogen-bond donors (Lipinski definition) is 1. The van der Waals surface area contributed by atoms with Gasteiger partial charge >= 0.3 is 5.97 Å². The Hall–Kier alpha value is -2.12. The molecule has 2 aromatic carbocycles. The minimum Gasteiger partial charge on any atom is -0.455 e. The van der Waals surface area contributed by atoms with Crippen LogP contribution < -0.4 is 5.32 Å². The number of rotatable bonds is 6. The van der Waals surface area contributed by atoms with E-state index in [9.17, 15) is 14.4 Å². The Bertz CT molecular complexity index is 719. The highest BCUT2D eigenvalue weighted by Crippen LogP contribution is 2.20. The van der Waals surface area contributed by atoms with E-state index in [-0.39, 0.29) is 5.75 Å². The Morgan fingerprint density at radius 1 is 1.00 bits per heavy atom. The van der Waals surface area contributed by atoms with Crippen molar-refractivity contribution in [3.8, 4) is 0 Å². The molecule has 0 aromatic heterocycles. The molecular weight excluding hydrogens is 394 g/mol. The van der Waals surface area contributed by atoms with Crippen LogP contribution in [-0.4, -0.2) is 30.1 Å². The fourth-order valence-corrected chi connectivity index (χ4v) is 2.65.